The molecule has 1 nitrogen and oxygen atoms in total. The first-order valence-corrected chi connectivity index (χ1v) is 11.4. The van der Waals surface area contributed by atoms with E-state index in [9.17, 15) is 4.39 Å². The molecule has 0 amide bonds. The lowest BCUT2D eigenvalue weighted by Gasteiger charge is -2.13. The number of halogens is 1. The third kappa shape index (κ3) is 3.25. The molecule has 144 valence electrons. The summed E-state index contributed by atoms with van der Waals surface area (Å²) in [5.74, 6) is -0.0561. The average Bonchev–Trinajstić information content (AvgIpc) is 3.41. The predicted molar refractivity (Wildman–Crippen MR) is 125 cm³/mol. The van der Waals surface area contributed by atoms with Gasteiger partial charge in [-0.25, -0.2) is 4.39 Å². The third-order valence-corrected chi connectivity index (χ3v) is 6.87. The Balaban J connectivity index is 0.000000604. The van der Waals surface area contributed by atoms with Gasteiger partial charge in [0.1, 0.15) is 5.83 Å². The summed E-state index contributed by atoms with van der Waals surface area (Å²) in [6, 6.07) is 4.45. The molecule has 0 spiro atoms. The normalized spacial score (nSPS) is 16.0. The Kier molecular flexibility index (Phi) is 5.26. The van der Waals surface area contributed by atoms with Gasteiger partial charge in [0.2, 0.25) is 0 Å². The Hall–Kier alpha value is -2.17. The lowest BCUT2D eigenvalue weighted by atomic mass is 9.92. The van der Waals surface area contributed by atoms with Crippen LogP contribution in [-0.4, -0.2) is 0 Å². The number of allylic oxidation sites excluding steroid dienone is 7. The van der Waals surface area contributed by atoms with Crippen LogP contribution in [0.25, 0.3) is 31.3 Å². The fraction of sp³-hybridized carbons (Fsp3) is 0.250. The van der Waals surface area contributed by atoms with Crippen LogP contribution in [0.2, 0.25) is 0 Å². The minimum atomic E-state index is -0.0561. The summed E-state index contributed by atoms with van der Waals surface area (Å²) in [7, 11) is 0. The van der Waals surface area contributed by atoms with Crippen molar-refractivity contribution in [1.82, 2.24) is 0 Å². The second-order valence-corrected chi connectivity index (χ2v) is 9.49. The Morgan fingerprint density at radius 2 is 1.64 bits per heavy atom. The lowest BCUT2D eigenvalue weighted by molar-refractivity contribution is 0.626. The largest absolute Gasteiger partial charge is 0.402 e. The highest BCUT2D eigenvalue weighted by atomic mass is 32.1. The maximum Gasteiger partial charge on any atom is 0.104 e. The summed E-state index contributed by atoms with van der Waals surface area (Å²) < 4.78 is 16.3. The van der Waals surface area contributed by atoms with Crippen molar-refractivity contribution in [1.29, 1.82) is 0 Å². The number of rotatable bonds is 2. The molecule has 0 radical (unpaired) electrons. The van der Waals surface area contributed by atoms with Crippen LogP contribution in [0, 0.1) is 6.92 Å². The maximum absolute atomic E-state index is 13.7. The first kappa shape index (κ1) is 19.2. The molecule has 2 aliphatic rings. The average molecular weight is 410 g/mol. The van der Waals surface area contributed by atoms with Crippen LogP contribution in [0.15, 0.2) is 53.3 Å². The molecule has 2 N–H and O–H groups in total. The Morgan fingerprint density at radius 3 is 2.29 bits per heavy atom. The van der Waals surface area contributed by atoms with Gasteiger partial charge < -0.3 is 5.73 Å². The molecule has 0 unspecified atom stereocenters. The maximum atomic E-state index is 13.7. The van der Waals surface area contributed by atoms with Crippen molar-refractivity contribution in [2.24, 2.45) is 5.73 Å². The lowest BCUT2D eigenvalue weighted by Crippen LogP contribution is -1.95. The van der Waals surface area contributed by atoms with Gasteiger partial charge in [-0.1, -0.05) is 32.4 Å². The number of nitrogens with two attached hydrogens (primary N) is 1. The van der Waals surface area contributed by atoms with Crippen LogP contribution in [0.3, 0.4) is 0 Å². The fourth-order valence-corrected chi connectivity index (χ4v) is 5.96. The molecular weight excluding hydrogens is 385 g/mol. The molecule has 2 heterocycles. The summed E-state index contributed by atoms with van der Waals surface area (Å²) >= 11 is 3.56. The summed E-state index contributed by atoms with van der Waals surface area (Å²) in [5.41, 5.74) is 11.8. The van der Waals surface area contributed by atoms with Gasteiger partial charge in [0, 0.05) is 54.7 Å². The van der Waals surface area contributed by atoms with Gasteiger partial charge in [0.15, 0.2) is 0 Å². The van der Waals surface area contributed by atoms with E-state index in [4.69, 9.17) is 5.73 Å². The molecule has 0 saturated carbocycles. The molecule has 1 aromatic carbocycles. The van der Waals surface area contributed by atoms with E-state index < -0.39 is 0 Å². The Bertz CT molecular complexity index is 1100. The number of fused-ring (bicyclic) bond motifs is 2. The molecule has 28 heavy (non-hydrogen) atoms. The Labute approximate surface area is 173 Å². The topological polar surface area (TPSA) is 26.0 Å². The van der Waals surface area contributed by atoms with Crippen molar-refractivity contribution in [3.05, 3.63) is 69.3 Å². The van der Waals surface area contributed by atoms with Crippen molar-refractivity contribution in [3.63, 3.8) is 0 Å². The molecule has 0 saturated heterocycles. The zero-order valence-corrected chi connectivity index (χ0v) is 18.1. The van der Waals surface area contributed by atoms with E-state index in [2.05, 4.69) is 44.4 Å². The van der Waals surface area contributed by atoms with Gasteiger partial charge >= 0.3 is 0 Å². The predicted octanol–water partition coefficient (Wildman–Crippen LogP) is 8.11. The highest BCUT2D eigenvalue weighted by molar-refractivity contribution is 7.20. The third-order valence-electron chi connectivity index (χ3n) is 4.87. The molecule has 0 aliphatic heterocycles. The quantitative estimate of drug-likeness (QED) is 0.454. The monoisotopic (exact) mass is 409 g/mol. The van der Waals surface area contributed by atoms with E-state index in [1.54, 1.807) is 28.7 Å². The molecule has 2 aromatic heterocycles. The van der Waals surface area contributed by atoms with Crippen molar-refractivity contribution in [2.75, 3.05) is 0 Å². The van der Waals surface area contributed by atoms with Crippen molar-refractivity contribution >= 4 is 54.0 Å². The molecule has 3 aromatic rings. The van der Waals surface area contributed by atoms with Crippen molar-refractivity contribution in [2.45, 2.75) is 40.0 Å². The SMILES string of the molecule is CCC.Cc1cc2c(C3=CC=C(N)C3)c3sccc3c(C3=CC=C(F)C3)c2s1. The van der Waals surface area contributed by atoms with Crippen molar-refractivity contribution < 1.29 is 4.39 Å². The first-order chi connectivity index (χ1) is 13.5. The summed E-state index contributed by atoms with van der Waals surface area (Å²) in [6.07, 6.45) is 10.1. The van der Waals surface area contributed by atoms with Crippen LogP contribution >= 0.6 is 22.7 Å². The van der Waals surface area contributed by atoms with E-state index in [0.29, 0.717) is 6.42 Å². The standard InChI is InChI=1S/C21H16FNS2.C3H8/c1-11-8-17-19(13-3-5-15(23)10-13)20-16(6-7-24-20)18(21(17)25-11)12-2-4-14(22)9-12;1-3-2/h2-8H,9-10,23H2,1H3;3H2,1-2H3. The first-order valence-electron chi connectivity index (χ1n) is 9.67. The van der Waals surface area contributed by atoms with Gasteiger partial charge in [0.05, 0.1) is 0 Å². The molecule has 2 aliphatic carbocycles. The van der Waals surface area contributed by atoms with E-state index in [1.807, 2.05) is 12.2 Å². The van der Waals surface area contributed by atoms with Crippen LogP contribution in [0.5, 0.6) is 0 Å². The second kappa shape index (κ2) is 7.69. The fourth-order valence-electron chi connectivity index (χ4n) is 3.85. The number of aryl methyl sites for hydroxylation is 1. The van der Waals surface area contributed by atoms with Gasteiger partial charge in [-0.2, -0.15) is 0 Å². The number of thiophene rings is 2. The number of benzene rings is 1. The van der Waals surface area contributed by atoms with Gasteiger partial charge in [-0.05, 0) is 47.7 Å². The molecule has 5 rings (SSSR count). The van der Waals surface area contributed by atoms with E-state index >= 15 is 0 Å². The molecular formula is C24H24FNS2. The second-order valence-electron chi connectivity index (χ2n) is 7.31. The van der Waals surface area contributed by atoms with Crippen LogP contribution in [0.1, 0.15) is 49.1 Å². The minimum absolute atomic E-state index is 0.0561. The molecule has 0 bridgehead atoms. The zero-order chi connectivity index (χ0) is 19.8. The van der Waals surface area contributed by atoms with E-state index in [-0.39, 0.29) is 5.83 Å². The molecule has 0 fully saturated rings. The van der Waals surface area contributed by atoms with Gasteiger partial charge in [-0.3, -0.25) is 0 Å². The van der Waals surface area contributed by atoms with Gasteiger partial charge in [-0.15, -0.1) is 22.7 Å². The minimum Gasteiger partial charge on any atom is -0.402 e. The van der Waals surface area contributed by atoms with Gasteiger partial charge in [0.25, 0.3) is 0 Å². The number of hydrogen-bond donors (Lipinski definition) is 1. The highest BCUT2D eigenvalue weighted by Gasteiger charge is 2.23. The zero-order valence-electron chi connectivity index (χ0n) is 16.4. The van der Waals surface area contributed by atoms with E-state index in [1.165, 1.54) is 48.2 Å². The molecule has 0 atom stereocenters. The summed E-state index contributed by atoms with van der Waals surface area (Å²) in [6.45, 7) is 6.39. The van der Waals surface area contributed by atoms with Crippen LogP contribution in [-0.2, 0) is 0 Å². The smallest absolute Gasteiger partial charge is 0.104 e. The molecule has 4 heteroatoms. The summed E-state index contributed by atoms with van der Waals surface area (Å²) in [4.78, 5) is 1.28. The van der Waals surface area contributed by atoms with E-state index in [0.717, 1.165) is 17.7 Å². The summed E-state index contributed by atoms with van der Waals surface area (Å²) in [5, 5.41) is 4.64. The highest BCUT2D eigenvalue weighted by Crippen LogP contribution is 2.48. The van der Waals surface area contributed by atoms with Crippen molar-refractivity contribution in [3.8, 4) is 0 Å². The Morgan fingerprint density at radius 1 is 0.964 bits per heavy atom. The van der Waals surface area contributed by atoms with Crippen LogP contribution < -0.4 is 5.73 Å². The van der Waals surface area contributed by atoms with Crippen LogP contribution in [0.4, 0.5) is 4.39 Å². The number of hydrogen-bond acceptors (Lipinski definition) is 3.